The van der Waals surface area contributed by atoms with Crippen molar-refractivity contribution in [2.45, 2.75) is 19.9 Å². The number of ether oxygens (including phenoxy) is 1. The van der Waals surface area contributed by atoms with E-state index in [1.807, 2.05) is 60.7 Å². The number of rotatable bonds is 9. The number of benzene rings is 3. The number of carbonyl (C=O) groups is 2. The minimum absolute atomic E-state index is 0.0305. The number of hydrogen-bond donors (Lipinski definition) is 1. The van der Waals surface area contributed by atoms with E-state index in [2.05, 4.69) is 10.3 Å². The van der Waals surface area contributed by atoms with E-state index in [1.54, 1.807) is 19.1 Å². The molecule has 0 aliphatic rings. The summed E-state index contributed by atoms with van der Waals surface area (Å²) in [6, 6.07) is 25.2. The lowest BCUT2D eigenvalue weighted by Crippen LogP contribution is -2.29. The van der Waals surface area contributed by atoms with Crippen LogP contribution < -0.4 is 10.9 Å². The van der Waals surface area contributed by atoms with E-state index in [0.717, 1.165) is 11.1 Å². The molecule has 0 fully saturated rings. The topological polar surface area (TPSA) is 116 Å². The van der Waals surface area contributed by atoms with Crippen LogP contribution in [-0.2, 0) is 11.3 Å². The Balaban J connectivity index is 1.68. The van der Waals surface area contributed by atoms with Gasteiger partial charge in [0.15, 0.2) is 11.2 Å². The second-order valence-electron chi connectivity index (χ2n) is 8.98. The standard InChI is InChI=1S/C31H26ClN5O4/c1-2-41-30(40)23-17-10-9-16-22(23)28(38)36-31-35-27-26(29(39)37(31)19-11-18-32)33-24(20-12-5-3-6-13-20)25(34-27)21-14-7-4-8-15-21/h3-10,12-17H,2,11,18-19H2,1H3,(H,34,35,36,38). The van der Waals surface area contributed by atoms with Crippen LogP contribution in [0.15, 0.2) is 89.7 Å². The Kier molecular flexibility index (Phi) is 8.45. The van der Waals surface area contributed by atoms with E-state index in [1.165, 1.54) is 16.7 Å². The Labute approximate surface area is 240 Å². The number of esters is 1. The van der Waals surface area contributed by atoms with Crippen LogP contribution in [0.3, 0.4) is 0 Å². The molecule has 0 radical (unpaired) electrons. The lowest BCUT2D eigenvalue weighted by atomic mass is 10.0. The van der Waals surface area contributed by atoms with E-state index in [9.17, 15) is 14.4 Å². The van der Waals surface area contributed by atoms with Gasteiger partial charge in [-0.25, -0.2) is 14.8 Å². The van der Waals surface area contributed by atoms with Gasteiger partial charge in [-0.1, -0.05) is 72.8 Å². The monoisotopic (exact) mass is 567 g/mol. The summed E-state index contributed by atoms with van der Waals surface area (Å²) >= 11 is 5.95. The zero-order valence-electron chi connectivity index (χ0n) is 22.2. The first kappa shape index (κ1) is 27.7. The van der Waals surface area contributed by atoms with Crippen LogP contribution >= 0.6 is 11.6 Å². The molecular weight excluding hydrogens is 542 g/mol. The molecule has 9 nitrogen and oxygen atoms in total. The smallest absolute Gasteiger partial charge is 0.338 e. The molecule has 5 aromatic rings. The van der Waals surface area contributed by atoms with E-state index in [0.29, 0.717) is 17.8 Å². The molecule has 0 spiro atoms. The number of halogens is 1. The number of amides is 1. The number of nitrogens with one attached hydrogen (secondary N) is 1. The van der Waals surface area contributed by atoms with Crippen LogP contribution in [0.1, 0.15) is 34.1 Å². The molecule has 206 valence electrons. The Morgan fingerprint density at radius 2 is 1.41 bits per heavy atom. The highest BCUT2D eigenvalue weighted by Crippen LogP contribution is 2.30. The van der Waals surface area contributed by atoms with Gasteiger partial charge in [-0.15, -0.1) is 11.6 Å². The van der Waals surface area contributed by atoms with Gasteiger partial charge in [0.2, 0.25) is 5.95 Å². The molecule has 1 amide bonds. The van der Waals surface area contributed by atoms with Gasteiger partial charge in [0.05, 0.1) is 29.1 Å². The minimum atomic E-state index is -0.629. The Morgan fingerprint density at radius 1 is 0.829 bits per heavy atom. The number of anilines is 1. The molecule has 3 aromatic carbocycles. The largest absolute Gasteiger partial charge is 0.462 e. The summed E-state index contributed by atoms with van der Waals surface area (Å²) in [6.45, 7) is 2.03. The van der Waals surface area contributed by atoms with Crippen molar-refractivity contribution in [3.05, 3.63) is 106 Å². The highest BCUT2D eigenvalue weighted by Gasteiger charge is 2.22. The second kappa shape index (κ2) is 12.5. The Morgan fingerprint density at radius 3 is 2.02 bits per heavy atom. The predicted molar refractivity (Wildman–Crippen MR) is 158 cm³/mol. The van der Waals surface area contributed by atoms with E-state index < -0.39 is 17.4 Å². The number of aromatic nitrogens is 4. The van der Waals surface area contributed by atoms with E-state index >= 15 is 0 Å². The maximum Gasteiger partial charge on any atom is 0.338 e. The number of carbonyl (C=O) groups excluding carboxylic acids is 2. The van der Waals surface area contributed by atoms with Crippen LogP contribution in [0.4, 0.5) is 5.95 Å². The lowest BCUT2D eigenvalue weighted by Gasteiger charge is -2.16. The minimum Gasteiger partial charge on any atom is -0.462 e. The Bertz CT molecular complexity index is 1780. The fourth-order valence-electron chi connectivity index (χ4n) is 4.38. The third-order valence-electron chi connectivity index (χ3n) is 6.29. The molecule has 0 saturated carbocycles. The summed E-state index contributed by atoms with van der Waals surface area (Å²) in [4.78, 5) is 53.8. The summed E-state index contributed by atoms with van der Waals surface area (Å²) in [5.41, 5.74) is 2.50. The first-order chi connectivity index (χ1) is 20.0. The Hall–Kier alpha value is -4.89. The summed E-state index contributed by atoms with van der Waals surface area (Å²) < 4.78 is 6.42. The first-order valence-corrected chi connectivity index (χ1v) is 13.6. The molecule has 0 saturated heterocycles. The van der Waals surface area contributed by atoms with Crippen molar-refractivity contribution in [3.8, 4) is 22.5 Å². The zero-order chi connectivity index (χ0) is 28.8. The van der Waals surface area contributed by atoms with Gasteiger partial charge in [0.1, 0.15) is 0 Å². The van der Waals surface area contributed by atoms with E-state index in [-0.39, 0.29) is 47.3 Å². The summed E-state index contributed by atoms with van der Waals surface area (Å²) in [5, 5.41) is 2.71. The molecule has 0 unspecified atom stereocenters. The first-order valence-electron chi connectivity index (χ1n) is 13.1. The molecule has 0 bridgehead atoms. The number of fused-ring (bicyclic) bond motifs is 1. The molecule has 1 N–H and O–H groups in total. The molecule has 10 heteroatoms. The average molecular weight is 568 g/mol. The lowest BCUT2D eigenvalue weighted by molar-refractivity contribution is 0.0523. The van der Waals surface area contributed by atoms with Crippen molar-refractivity contribution in [1.82, 2.24) is 19.5 Å². The predicted octanol–water partition coefficient (Wildman–Crippen LogP) is 5.58. The third kappa shape index (κ3) is 5.85. The van der Waals surface area contributed by atoms with Crippen LogP contribution in [0.5, 0.6) is 0 Å². The number of nitrogens with zero attached hydrogens (tertiary/aromatic N) is 4. The maximum absolute atomic E-state index is 13.8. The fraction of sp³-hybridized carbons (Fsp3) is 0.161. The van der Waals surface area contributed by atoms with Crippen molar-refractivity contribution in [1.29, 1.82) is 0 Å². The fourth-order valence-corrected chi connectivity index (χ4v) is 4.50. The normalized spacial score (nSPS) is 10.9. The molecular formula is C31H26ClN5O4. The van der Waals surface area contributed by atoms with Gasteiger partial charge in [0, 0.05) is 23.6 Å². The molecule has 41 heavy (non-hydrogen) atoms. The van der Waals surface area contributed by atoms with Crippen molar-refractivity contribution < 1.29 is 14.3 Å². The third-order valence-corrected chi connectivity index (χ3v) is 6.56. The van der Waals surface area contributed by atoms with Crippen LogP contribution in [-0.4, -0.2) is 43.9 Å². The quantitative estimate of drug-likeness (QED) is 0.183. The van der Waals surface area contributed by atoms with Crippen molar-refractivity contribution in [3.63, 3.8) is 0 Å². The van der Waals surface area contributed by atoms with Crippen molar-refractivity contribution in [2.24, 2.45) is 0 Å². The molecule has 5 rings (SSSR count). The zero-order valence-corrected chi connectivity index (χ0v) is 23.0. The van der Waals surface area contributed by atoms with Crippen molar-refractivity contribution >= 4 is 40.6 Å². The summed E-state index contributed by atoms with van der Waals surface area (Å²) in [5.74, 6) is -0.998. The molecule has 0 atom stereocenters. The van der Waals surface area contributed by atoms with Gasteiger partial charge in [-0.05, 0) is 25.5 Å². The van der Waals surface area contributed by atoms with Crippen LogP contribution in [0.2, 0.25) is 0 Å². The van der Waals surface area contributed by atoms with Gasteiger partial charge in [-0.3, -0.25) is 19.5 Å². The van der Waals surface area contributed by atoms with E-state index in [4.69, 9.17) is 26.3 Å². The summed E-state index contributed by atoms with van der Waals surface area (Å²) in [6.07, 6.45) is 0.442. The molecule has 0 aliphatic heterocycles. The van der Waals surface area contributed by atoms with Crippen molar-refractivity contribution in [2.75, 3.05) is 17.8 Å². The SMILES string of the molecule is CCOC(=O)c1ccccc1C(=O)Nc1nc2nc(-c3ccccc3)c(-c3ccccc3)nc2c(=O)n1CCCCl. The molecule has 2 aromatic heterocycles. The maximum atomic E-state index is 13.8. The highest BCUT2D eigenvalue weighted by molar-refractivity contribution is 6.17. The highest BCUT2D eigenvalue weighted by atomic mass is 35.5. The molecule has 2 heterocycles. The number of hydrogen-bond acceptors (Lipinski definition) is 7. The van der Waals surface area contributed by atoms with Gasteiger partial charge >= 0.3 is 5.97 Å². The average Bonchev–Trinajstić information content (AvgIpc) is 3.01. The van der Waals surface area contributed by atoms with Gasteiger partial charge in [-0.2, -0.15) is 4.98 Å². The number of alkyl halides is 1. The van der Waals surface area contributed by atoms with Gasteiger partial charge < -0.3 is 4.74 Å². The second-order valence-corrected chi connectivity index (χ2v) is 9.36. The van der Waals surface area contributed by atoms with Crippen LogP contribution in [0, 0.1) is 0 Å². The van der Waals surface area contributed by atoms with Crippen LogP contribution in [0.25, 0.3) is 33.7 Å². The summed E-state index contributed by atoms with van der Waals surface area (Å²) in [7, 11) is 0. The van der Waals surface area contributed by atoms with Gasteiger partial charge in [0.25, 0.3) is 11.5 Å². The molecule has 0 aliphatic carbocycles.